The van der Waals surface area contributed by atoms with Gasteiger partial charge in [-0.2, -0.15) is 18.3 Å². The van der Waals surface area contributed by atoms with Crippen LogP contribution in [0, 0.1) is 0 Å². The standard InChI is InChI=1S/C9H7F3N6O/c10-9(11,12)5-1-2-15-8(16-5)18-3-4(13)6(17-18)7(14)19/h1-3H,13H2,(H2,14,19). The first-order chi connectivity index (χ1) is 8.79. The van der Waals surface area contributed by atoms with Crippen LogP contribution in [0.4, 0.5) is 18.9 Å². The second-order valence-electron chi connectivity index (χ2n) is 3.48. The Morgan fingerprint density at radius 2 is 2.05 bits per heavy atom. The monoisotopic (exact) mass is 272 g/mol. The van der Waals surface area contributed by atoms with Crippen molar-refractivity contribution < 1.29 is 18.0 Å². The van der Waals surface area contributed by atoms with Crippen molar-refractivity contribution >= 4 is 11.6 Å². The zero-order valence-corrected chi connectivity index (χ0v) is 9.22. The van der Waals surface area contributed by atoms with E-state index in [9.17, 15) is 18.0 Å². The summed E-state index contributed by atoms with van der Waals surface area (Å²) in [6.45, 7) is 0. The van der Waals surface area contributed by atoms with Crippen LogP contribution in [-0.4, -0.2) is 25.7 Å². The van der Waals surface area contributed by atoms with Gasteiger partial charge in [0.2, 0.25) is 0 Å². The summed E-state index contributed by atoms with van der Waals surface area (Å²) in [5, 5.41) is 3.63. The molecule has 2 rings (SSSR count). The Hall–Kier alpha value is -2.65. The highest BCUT2D eigenvalue weighted by atomic mass is 19.4. The molecule has 0 radical (unpaired) electrons. The van der Waals surface area contributed by atoms with E-state index in [0.29, 0.717) is 6.07 Å². The lowest BCUT2D eigenvalue weighted by atomic mass is 10.4. The summed E-state index contributed by atoms with van der Waals surface area (Å²) in [6, 6.07) is 0.714. The number of aromatic nitrogens is 4. The molecule has 0 aromatic carbocycles. The van der Waals surface area contributed by atoms with Crippen molar-refractivity contribution in [3.8, 4) is 5.95 Å². The van der Waals surface area contributed by atoms with Crippen LogP contribution < -0.4 is 11.5 Å². The number of alkyl halides is 3. The number of amides is 1. The van der Waals surface area contributed by atoms with Gasteiger partial charge in [0.15, 0.2) is 5.69 Å². The molecular weight excluding hydrogens is 265 g/mol. The number of nitrogen functional groups attached to an aromatic ring is 1. The predicted octanol–water partition coefficient (Wildman–Crippen LogP) is 0.362. The number of nitrogens with zero attached hydrogens (tertiary/aromatic N) is 4. The fourth-order valence-corrected chi connectivity index (χ4v) is 1.30. The van der Waals surface area contributed by atoms with Gasteiger partial charge in [-0.1, -0.05) is 0 Å². The Kier molecular flexibility index (Phi) is 2.85. The summed E-state index contributed by atoms with van der Waals surface area (Å²) in [4.78, 5) is 17.8. The highest BCUT2D eigenvalue weighted by Gasteiger charge is 2.33. The minimum absolute atomic E-state index is 0.0755. The molecule has 0 unspecified atom stereocenters. The minimum atomic E-state index is -4.61. The zero-order valence-electron chi connectivity index (χ0n) is 9.22. The van der Waals surface area contributed by atoms with Gasteiger partial charge in [0.25, 0.3) is 11.9 Å². The van der Waals surface area contributed by atoms with Crippen LogP contribution in [0.1, 0.15) is 16.2 Å². The van der Waals surface area contributed by atoms with Crippen LogP contribution >= 0.6 is 0 Å². The molecule has 19 heavy (non-hydrogen) atoms. The summed E-state index contributed by atoms with van der Waals surface area (Å²) >= 11 is 0. The molecule has 0 saturated heterocycles. The number of hydrogen-bond acceptors (Lipinski definition) is 5. The van der Waals surface area contributed by atoms with Crippen LogP contribution in [0.3, 0.4) is 0 Å². The SMILES string of the molecule is NC(=O)c1nn(-c2nccc(C(F)(F)F)n2)cc1N. The predicted molar refractivity (Wildman–Crippen MR) is 57.1 cm³/mol. The molecule has 100 valence electrons. The molecule has 2 aromatic rings. The molecule has 0 aliphatic carbocycles. The smallest absolute Gasteiger partial charge is 0.395 e. The van der Waals surface area contributed by atoms with Crippen molar-refractivity contribution in [2.24, 2.45) is 5.73 Å². The van der Waals surface area contributed by atoms with Gasteiger partial charge in [0, 0.05) is 6.20 Å². The van der Waals surface area contributed by atoms with E-state index in [4.69, 9.17) is 11.5 Å². The van der Waals surface area contributed by atoms with Crippen molar-refractivity contribution in [2.75, 3.05) is 5.73 Å². The molecule has 0 aliphatic heterocycles. The Morgan fingerprint density at radius 1 is 1.37 bits per heavy atom. The maximum Gasteiger partial charge on any atom is 0.433 e. The maximum absolute atomic E-state index is 12.5. The fraction of sp³-hybridized carbons (Fsp3) is 0.111. The molecule has 7 nitrogen and oxygen atoms in total. The van der Waals surface area contributed by atoms with Crippen molar-refractivity contribution in [3.63, 3.8) is 0 Å². The van der Waals surface area contributed by atoms with Crippen LogP contribution in [-0.2, 0) is 6.18 Å². The first-order valence-electron chi connectivity index (χ1n) is 4.84. The molecule has 0 atom stereocenters. The van der Waals surface area contributed by atoms with E-state index in [0.717, 1.165) is 17.1 Å². The lowest BCUT2D eigenvalue weighted by Crippen LogP contribution is -2.15. The molecule has 1 amide bonds. The lowest BCUT2D eigenvalue weighted by Gasteiger charge is -2.06. The molecule has 0 fully saturated rings. The molecule has 2 aromatic heterocycles. The Labute approximate surface area is 104 Å². The minimum Gasteiger partial charge on any atom is -0.395 e. The third kappa shape index (κ3) is 2.46. The number of hydrogen-bond donors (Lipinski definition) is 2. The summed E-state index contributed by atoms with van der Waals surface area (Å²) in [7, 11) is 0. The average molecular weight is 272 g/mol. The Bertz CT molecular complexity index is 635. The molecular formula is C9H7F3N6O. The van der Waals surface area contributed by atoms with E-state index < -0.39 is 17.8 Å². The van der Waals surface area contributed by atoms with Gasteiger partial charge in [0.1, 0.15) is 5.69 Å². The molecule has 0 saturated carbocycles. The van der Waals surface area contributed by atoms with Gasteiger partial charge in [-0.25, -0.2) is 14.6 Å². The second kappa shape index (κ2) is 4.23. The number of anilines is 1. The number of nitrogens with two attached hydrogens (primary N) is 2. The quantitative estimate of drug-likeness (QED) is 0.819. The van der Waals surface area contributed by atoms with E-state index >= 15 is 0 Å². The van der Waals surface area contributed by atoms with Gasteiger partial charge in [-0.05, 0) is 6.07 Å². The summed E-state index contributed by atoms with van der Waals surface area (Å²) < 4.78 is 38.3. The number of halogens is 3. The average Bonchev–Trinajstić information content (AvgIpc) is 2.70. The third-order valence-electron chi connectivity index (χ3n) is 2.11. The number of rotatable bonds is 2. The third-order valence-corrected chi connectivity index (χ3v) is 2.11. The molecule has 10 heteroatoms. The van der Waals surface area contributed by atoms with Crippen LogP contribution in [0.2, 0.25) is 0 Å². The van der Waals surface area contributed by atoms with E-state index in [1.54, 1.807) is 0 Å². The number of carbonyl (C=O) groups excluding carboxylic acids is 1. The van der Waals surface area contributed by atoms with E-state index in [1.165, 1.54) is 0 Å². The van der Waals surface area contributed by atoms with E-state index in [2.05, 4.69) is 15.1 Å². The van der Waals surface area contributed by atoms with E-state index in [-0.39, 0.29) is 17.3 Å². The molecule has 2 heterocycles. The first kappa shape index (κ1) is 12.8. The van der Waals surface area contributed by atoms with Gasteiger partial charge in [-0.3, -0.25) is 4.79 Å². The normalized spacial score (nSPS) is 11.5. The lowest BCUT2D eigenvalue weighted by molar-refractivity contribution is -0.141. The van der Waals surface area contributed by atoms with Crippen molar-refractivity contribution in [1.82, 2.24) is 19.7 Å². The Balaban J connectivity index is 2.48. The molecule has 0 bridgehead atoms. The second-order valence-corrected chi connectivity index (χ2v) is 3.48. The molecule has 4 N–H and O–H groups in total. The maximum atomic E-state index is 12.5. The van der Waals surface area contributed by atoms with Gasteiger partial charge in [0.05, 0.1) is 11.9 Å². The number of carbonyl (C=O) groups is 1. The summed E-state index contributed by atoms with van der Waals surface area (Å²) in [6.07, 6.45) is -2.58. The zero-order chi connectivity index (χ0) is 14.2. The Morgan fingerprint density at radius 3 is 2.58 bits per heavy atom. The largest absolute Gasteiger partial charge is 0.433 e. The van der Waals surface area contributed by atoms with Crippen LogP contribution in [0.5, 0.6) is 0 Å². The van der Waals surface area contributed by atoms with Gasteiger partial charge in [-0.15, -0.1) is 0 Å². The molecule has 0 aliphatic rings. The number of primary amides is 1. The van der Waals surface area contributed by atoms with Crippen LogP contribution in [0.25, 0.3) is 5.95 Å². The highest BCUT2D eigenvalue weighted by molar-refractivity contribution is 5.95. The van der Waals surface area contributed by atoms with Gasteiger partial charge < -0.3 is 11.5 Å². The summed E-state index contributed by atoms with van der Waals surface area (Å²) in [5.41, 5.74) is 8.96. The topological polar surface area (TPSA) is 113 Å². The molecule has 0 spiro atoms. The first-order valence-corrected chi connectivity index (χ1v) is 4.84. The fourth-order valence-electron chi connectivity index (χ4n) is 1.30. The highest BCUT2D eigenvalue weighted by Crippen LogP contribution is 2.27. The van der Waals surface area contributed by atoms with Crippen molar-refractivity contribution in [2.45, 2.75) is 6.18 Å². The van der Waals surface area contributed by atoms with Gasteiger partial charge >= 0.3 is 6.18 Å². The van der Waals surface area contributed by atoms with Crippen molar-refractivity contribution in [3.05, 3.63) is 29.8 Å². The van der Waals surface area contributed by atoms with Crippen LogP contribution in [0.15, 0.2) is 18.5 Å². The van der Waals surface area contributed by atoms with Crippen molar-refractivity contribution in [1.29, 1.82) is 0 Å². The van der Waals surface area contributed by atoms with E-state index in [1.807, 2.05) is 0 Å². The summed E-state index contributed by atoms with van der Waals surface area (Å²) in [5.74, 6) is -1.27.